The Bertz CT molecular complexity index is 956. The van der Waals surface area contributed by atoms with E-state index >= 15 is 0 Å². The number of hydrogen-bond donors (Lipinski definition) is 0. The smallest absolute Gasteiger partial charge is 0.417 e. The predicted octanol–water partition coefficient (Wildman–Crippen LogP) is 4.90. The van der Waals surface area contributed by atoms with Crippen molar-refractivity contribution in [3.8, 4) is 11.5 Å². The molecule has 6 nitrogen and oxygen atoms in total. The summed E-state index contributed by atoms with van der Waals surface area (Å²) in [6, 6.07) is 5.98. The highest BCUT2D eigenvalue weighted by Gasteiger charge is 2.32. The van der Waals surface area contributed by atoms with Crippen LogP contribution in [0.3, 0.4) is 0 Å². The molecule has 0 unspecified atom stereocenters. The van der Waals surface area contributed by atoms with Gasteiger partial charge in [-0.1, -0.05) is 11.6 Å². The number of ether oxygens (including phenoxy) is 2. The lowest BCUT2D eigenvalue weighted by Crippen LogP contribution is -2.35. The first-order valence-corrected chi connectivity index (χ1v) is 10.8. The molecule has 1 aromatic heterocycles. The number of rotatable bonds is 6. The fourth-order valence-corrected chi connectivity index (χ4v) is 3.80. The van der Waals surface area contributed by atoms with Crippen molar-refractivity contribution in [2.75, 3.05) is 44.3 Å². The van der Waals surface area contributed by atoms with Crippen LogP contribution in [-0.2, 0) is 6.18 Å². The molecule has 3 rings (SSSR count). The number of alkyl halides is 3. The van der Waals surface area contributed by atoms with E-state index in [1.807, 2.05) is 13.8 Å². The number of anilines is 1. The molecule has 1 aliphatic rings. The molecule has 0 N–H and O–H groups in total. The van der Waals surface area contributed by atoms with E-state index in [4.69, 9.17) is 21.1 Å². The van der Waals surface area contributed by atoms with E-state index < -0.39 is 11.7 Å². The molecule has 1 aromatic carbocycles. The second-order valence-corrected chi connectivity index (χ2v) is 7.59. The second kappa shape index (κ2) is 10.3. The molecule has 0 bridgehead atoms. The number of halogens is 4. The van der Waals surface area contributed by atoms with Gasteiger partial charge in [0.05, 0.1) is 23.8 Å². The predicted molar refractivity (Wildman–Crippen MR) is 116 cm³/mol. The Balaban J connectivity index is 1.73. The maximum Gasteiger partial charge on any atom is 0.417 e. The van der Waals surface area contributed by atoms with Crippen molar-refractivity contribution in [3.63, 3.8) is 0 Å². The average molecular weight is 472 g/mol. The summed E-state index contributed by atoms with van der Waals surface area (Å²) in [5, 5.41) is -0.0625. The highest BCUT2D eigenvalue weighted by molar-refractivity contribution is 6.33. The van der Waals surface area contributed by atoms with Gasteiger partial charge in [-0.05, 0) is 44.5 Å². The zero-order valence-electron chi connectivity index (χ0n) is 17.9. The van der Waals surface area contributed by atoms with Crippen LogP contribution in [0.15, 0.2) is 30.5 Å². The zero-order chi connectivity index (χ0) is 23.3. The summed E-state index contributed by atoms with van der Waals surface area (Å²) in [6.45, 7) is 6.46. The minimum atomic E-state index is -4.50. The molecular formula is C22H25ClF3N3O3. The normalized spacial score (nSPS) is 14.8. The maximum absolute atomic E-state index is 13.1. The molecule has 0 atom stereocenters. The molecule has 1 fully saturated rings. The SMILES string of the molecule is CCOc1ccc(C(=O)N2CCCN(c3ncc(C(F)(F)F)cc3Cl)CC2)cc1OCC. The molecule has 2 aromatic rings. The van der Waals surface area contributed by atoms with Crippen LogP contribution < -0.4 is 14.4 Å². The molecule has 2 heterocycles. The summed E-state index contributed by atoms with van der Waals surface area (Å²) in [6.07, 6.45) is -3.10. The van der Waals surface area contributed by atoms with Crippen LogP contribution in [0, 0.1) is 0 Å². The Kier molecular flexibility index (Phi) is 7.71. The van der Waals surface area contributed by atoms with Crippen LogP contribution in [0.2, 0.25) is 5.02 Å². The van der Waals surface area contributed by atoms with Crippen LogP contribution >= 0.6 is 11.6 Å². The first kappa shape index (κ1) is 24.0. The summed E-state index contributed by atoms with van der Waals surface area (Å²) in [7, 11) is 0. The Hall–Kier alpha value is -2.68. The quantitative estimate of drug-likeness (QED) is 0.599. The third-order valence-corrected chi connectivity index (χ3v) is 5.30. The molecule has 10 heteroatoms. The third-order valence-electron chi connectivity index (χ3n) is 5.02. The number of hydrogen-bond acceptors (Lipinski definition) is 5. The van der Waals surface area contributed by atoms with Gasteiger partial charge in [-0.15, -0.1) is 0 Å². The Labute approximate surface area is 189 Å². The van der Waals surface area contributed by atoms with Crippen LogP contribution in [0.1, 0.15) is 36.2 Å². The fraction of sp³-hybridized carbons (Fsp3) is 0.455. The van der Waals surface area contributed by atoms with Gasteiger partial charge in [-0.25, -0.2) is 4.98 Å². The van der Waals surface area contributed by atoms with Crippen molar-refractivity contribution in [1.82, 2.24) is 9.88 Å². The molecule has 174 valence electrons. The lowest BCUT2D eigenvalue weighted by molar-refractivity contribution is -0.137. The van der Waals surface area contributed by atoms with Gasteiger partial charge in [0, 0.05) is 37.9 Å². The molecule has 0 spiro atoms. The molecule has 0 radical (unpaired) electrons. The summed E-state index contributed by atoms with van der Waals surface area (Å²) < 4.78 is 49.8. The number of nitrogens with zero attached hydrogens (tertiary/aromatic N) is 3. The van der Waals surface area contributed by atoms with Crippen molar-refractivity contribution >= 4 is 23.3 Å². The molecular weight excluding hydrogens is 447 g/mol. The van der Waals surface area contributed by atoms with Gasteiger partial charge in [0.2, 0.25) is 0 Å². The minimum absolute atomic E-state index is 0.0625. The summed E-state index contributed by atoms with van der Waals surface area (Å²) in [4.78, 5) is 20.5. The highest BCUT2D eigenvalue weighted by atomic mass is 35.5. The van der Waals surface area contributed by atoms with Crippen molar-refractivity contribution in [3.05, 3.63) is 46.6 Å². The van der Waals surface area contributed by atoms with Crippen LogP contribution in [0.4, 0.5) is 19.0 Å². The van der Waals surface area contributed by atoms with Crippen molar-refractivity contribution in [1.29, 1.82) is 0 Å². The topological polar surface area (TPSA) is 54.9 Å². The number of carbonyl (C=O) groups excluding carboxylic acids is 1. The van der Waals surface area contributed by atoms with E-state index in [0.717, 1.165) is 12.3 Å². The number of benzene rings is 1. The van der Waals surface area contributed by atoms with Crippen molar-refractivity contribution in [2.24, 2.45) is 0 Å². The van der Waals surface area contributed by atoms with E-state index in [9.17, 15) is 18.0 Å². The van der Waals surface area contributed by atoms with E-state index in [2.05, 4.69) is 4.98 Å². The van der Waals surface area contributed by atoms with Crippen LogP contribution in [-0.4, -0.2) is 55.2 Å². The van der Waals surface area contributed by atoms with Crippen LogP contribution in [0.5, 0.6) is 11.5 Å². The van der Waals surface area contributed by atoms with E-state index in [-0.39, 0.29) is 16.7 Å². The van der Waals surface area contributed by atoms with Gasteiger partial charge < -0.3 is 19.3 Å². The van der Waals surface area contributed by atoms with Crippen molar-refractivity contribution < 1.29 is 27.4 Å². The second-order valence-electron chi connectivity index (χ2n) is 7.19. The Morgan fingerprint density at radius 3 is 2.44 bits per heavy atom. The Morgan fingerprint density at radius 1 is 1.06 bits per heavy atom. The number of amides is 1. The van der Waals surface area contributed by atoms with E-state index in [0.29, 0.717) is 62.9 Å². The summed E-state index contributed by atoms with van der Waals surface area (Å²) >= 11 is 6.09. The average Bonchev–Trinajstić information content (AvgIpc) is 3.00. The monoisotopic (exact) mass is 471 g/mol. The van der Waals surface area contributed by atoms with Gasteiger partial charge in [0.15, 0.2) is 11.5 Å². The van der Waals surface area contributed by atoms with E-state index in [1.54, 1.807) is 28.0 Å². The van der Waals surface area contributed by atoms with Crippen molar-refractivity contribution in [2.45, 2.75) is 26.4 Å². The van der Waals surface area contributed by atoms with Gasteiger partial charge in [0.1, 0.15) is 5.82 Å². The molecule has 0 saturated carbocycles. The lowest BCUT2D eigenvalue weighted by atomic mass is 10.1. The summed E-state index contributed by atoms with van der Waals surface area (Å²) in [5.74, 6) is 1.23. The maximum atomic E-state index is 13.1. The highest BCUT2D eigenvalue weighted by Crippen LogP contribution is 2.34. The van der Waals surface area contributed by atoms with E-state index in [1.165, 1.54) is 0 Å². The molecule has 32 heavy (non-hydrogen) atoms. The van der Waals surface area contributed by atoms with Gasteiger partial charge in [0.25, 0.3) is 5.91 Å². The first-order chi connectivity index (χ1) is 15.2. The zero-order valence-corrected chi connectivity index (χ0v) is 18.7. The van der Waals surface area contributed by atoms with Gasteiger partial charge >= 0.3 is 6.18 Å². The largest absolute Gasteiger partial charge is 0.490 e. The molecule has 1 saturated heterocycles. The number of aromatic nitrogens is 1. The van der Waals surface area contributed by atoms with Gasteiger partial charge in [-0.2, -0.15) is 13.2 Å². The van der Waals surface area contributed by atoms with Crippen LogP contribution in [0.25, 0.3) is 0 Å². The van der Waals surface area contributed by atoms with Gasteiger partial charge in [-0.3, -0.25) is 4.79 Å². The lowest BCUT2D eigenvalue weighted by Gasteiger charge is -2.24. The Morgan fingerprint density at radius 2 is 1.78 bits per heavy atom. The third kappa shape index (κ3) is 5.56. The fourth-order valence-electron chi connectivity index (χ4n) is 3.52. The number of carbonyl (C=O) groups is 1. The molecule has 1 aliphatic heterocycles. The molecule has 0 aliphatic carbocycles. The first-order valence-electron chi connectivity index (χ1n) is 10.4. The molecule has 1 amide bonds. The standard InChI is InChI=1S/C22H25ClF3N3O3/c1-3-31-18-7-6-15(12-19(18)32-4-2)21(30)29-9-5-8-28(10-11-29)20-17(23)13-16(14-27-20)22(24,25)26/h6-7,12-14H,3-5,8-11H2,1-2H3. The number of pyridine rings is 1. The minimum Gasteiger partial charge on any atom is -0.490 e. The summed E-state index contributed by atoms with van der Waals surface area (Å²) in [5.41, 5.74) is -0.408.